The minimum absolute atomic E-state index is 0.0905. The molecule has 228 valence electrons. The number of H-pyrrole nitrogens is 1. The maximum atomic E-state index is 13.1. The van der Waals surface area contributed by atoms with Gasteiger partial charge < -0.3 is 35.9 Å². The molecule has 2 bridgehead atoms. The molecule has 2 aromatic heterocycles. The van der Waals surface area contributed by atoms with Crippen molar-refractivity contribution in [2.75, 3.05) is 24.3 Å². The van der Waals surface area contributed by atoms with Crippen LogP contribution in [0.3, 0.4) is 0 Å². The van der Waals surface area contributed by atoms with Gasteiger partial charge in [-0.2, -0.15) is 4.68 Å². The molecule has 5 rings (SSSR count). The van der Waals surface area contributed by atoms with Gasteiger partial charge in [0.2, 0.25) is 11.8 Å². The van der Waals surface area contributed by atoms with Gasteiger partial charge in [-0.05, 0) is 52.9 Å². The molecule has 0 saturated heterocycles. The van der Waals surface area contributed by atoms with E-state index < -0.39 is 42.5 Å². The van der Waals surface area contributed by atoms with Crippen LogP contribution in [0.5, 0.6) is 0 Å². The third-order valence-corrected chi connectivity index (χ3v) is 7.03. The van der Waals surface area contributed by atoms with Crippen molar-refractivity contribution in [2.45, 2.75) is 31.1 Å². The van der Waals surface area contributed by atoms with Gasteiger partial charge in [-0.1, -0.05) is 11.6 Å². The van der Waals surface area contributed by atoms with Crippen molar-refractivity contribution in [3.8, 4) is 16.9 Å². The second kappa shape index (κ2) is 13.5. The van der Waals surface area contributed by atoms with Gasteiger partial charge in [0.25, 0.3) is 0 Å². The van der Waals surface area contributed by atoms with Crippen LogP contribution in [0, 0.1) is 0 Å². The highest BCUT2D eigenvalue weighted by Crippen LogP contribution is 2.32. The van der Waals surface area contributed by atoms with Crippen molar-refractivity contribution >= 4 is 46.8 Å². The molecular weight excluding hydrogens is 594 g/mol. The van der Waals surface area contributed by atoms with E-state index in [-0.39, 0.29) is 13.0 Å². The number of aromatic amines is 1. The lowest BCUT2D eigenvalue weighted by molar-refractivity contribution is -0.138. The molecule has 1 aliphatic heterocycles. The highest BCUT2D eigenvalue weighted by Gasteiger charge is 2.28. The number of tetrazole rings is 1. The van der Waals surface area contributed by atoms with Crippen LogP contribution in [0.1, 0.15) is 30.3 Å². The molecule has 0 fully saturated rings. The van der Waals surface area contributed by atoms with Crippen LogP contribution in [0.2, 0.25) is 5.02 Å². The van der Waals surface area contributed by atoms with Crippen molar-refractivity contribution in [1.82, 2.24) is 35.5 Å². The van der Waals surface area contributed by atoms with E-state index in [4.69, 9.17) is 11.6 Å². The van der Waals surface area contributed by atoms with Gasteiger partial charge >= 0.3 is 5.97 Å². The number of hydrogen-bond donors (Lipinski definition) is 6. The van der Waals surface area contributed by atoms with Crippen molar-refractivity contribution in [2.24, 2.45) is 0 Å². The SMILES string of the molecule is COC(=O)CNc1ccc2c(c1)NC(=O)CC(O)C(O)C[C@H](NC(=O)/C=C/c1cc(Cl)ccc1-n1cnnn1)c1nc-2c[nH]1. The summed E-state index contributed by atoms with van der Waals surface area (Å²) in [4.78, 5) is 45.1. The van der Waals surface area contributed by atoms with Gasteiger partial charge in [0.15, 0.2) is 0 Å². The van der Waals surface area contributed by atoms with E-state index in [1.165, 1.54) is 24.2 Å². The molecule has 0 aliphatic carbocycles. The molecule has 1 aliphatic rings. The normalized spacial score (nSPS) is 18.5. The van der Waals surface area contributed by atoms with Crippen LogP contribution in [0.15, 0.2) is 55.0 Å². The van der Waals surface area contributed by atoms with Crippen LogP contribution >= 0.6 is 11.6 Å². The first-order chi connectivity index (χ1) is 21.2. The van der Waals surface area contributed by atoms with Crippen LogP contribution in [-0.2, 0) is 19.1 Å². The van der Waals surface area contributed by atoms with E-state index in [0.717, 1.165) is 0 Å². The van der Waals surface area contributed by atoms with Crippen LogP contribution < -0.4 is 16.0 Å². The summed E-state index contributed by atoms with van der Waals surface area (Å²) in [6.45, 7) is -0.0905. The average Bonchev–Trinajstić information content (AvgIpc) is 3.71. The zero-order valence-corrected chi connectivity index (χ0v) is 24.0. The Labute approximate surface area is 255 Å². The Morgan fingerprint density at radius 3 is 2.82 bits per heavy atom. The maximum Gasteiger partial charge on any atom is 0.325 e. The number of aliphatic hydroxyl groups is 2. The lowest BCUT2D eigenvalue weighted by Gasteiger charge is -2.23. The molecule has 44 heavy (non-hydrogen) atoms. The van der Waals surface area contributed by atoms with Gasteiger partial charge in [0.05, 0.1) is 48.8 Å². The molecule has 0 radical (unpaired) electrons. The third kappa shape index (κ3) is 7.26. The van der Waals surface area contributed by atoms with Gasteiger partial charge in [-0.15, -0.1) is 5.10 Å². The van der Waals surface area contributed by atoms with Gasteiger partial charge in [-0.3, -0.25) is 14.4 Å². The second-order valence-electron chi connectivity index (χ2n) is 9.84. The Balaban J connectivity index is 1.42. The number of carbonyl (C=O) groups is 3. The average molecular weight is 622 g/mol. The summed E-state index contributed by atoms with van der Waals surface area (Å²) >= 11 is 6.17. The van der Waals surface area contributed by atoms with Gasteiger partial charge in [0, 0.05) is 40.5 Å². The molecule has 6 N–H and O–H groups in total. The Hall–Kier alpha value is -5.12. The number of anilines is 2. The number of carbonyl (C=O) groups excluding carboxylic acids is 3. The fourth-order valence-corrected chi connectivity index (χ4v) is 4.75. The number of nitrogens with zero attached hydrogens (tertiary/aromatic N) is 5. The highest BCUT2D eigenvalue weighted by molar-refractivity contribution is 6.30. The van der Waals surface area contributed by atoms with E-state index in [1.807, 2.05) is 0 Å². The third-order valence-electron chi connectivity index (χ3n) is 6.79. The second-order valence-corrected chi connectivity index (χ2v) is 10.3. The summed E-state index contributed by atoms with van der Waals surface area (Å²) in [6, 6.07) is 9.18. The van der Waals surface area contributed by atoms with E-state index in [0.29, 0.717) is 44.7 Å². The number of benzene rings is 2. The number of esters is 1. The number of amides is 2. The van der Waals surface area contributed by atoms with Gasteiger partial charge in [0.1, 0.15) is 18.7 Å². The fourth-order valence-electron chi connectivity index (χ4n) is 4.57. The predicted octanol–water partition coefficient (Wildman–Crippen LogP) is 1.62. The predicted molar refractivity (Wildman–Crippen MR) is 158 cm³/mol. The number of hydrogen-bond acceptors (Lipinski definition) is 11. The topological polar surface area (TPSA) is 209 Å². The molecule has 15 nitrogen and oxygen atoms in total. The lowest BCUT2D eigenvalue weighted by Crippen LogP contribution is -2.36. The van der Waals surface area contributed by atoms with Crippen molar-refractivity contribution in [3.63, 3.8) is 0 Å². The highest BCUT2D eigenvalue weighted by atomic mass is 35.5. The number of aliphatic hydroxyl groups excluding tert-OH is 2. The summed E-state index contributed by atoms with van der Waals surface area (Å²) < 4.78 is 6.08. The Kier molecular flexibility index (Phi) is 9.28. The number of nitrogens with one attached hydrogen (secondary N) is 4. The summed E-state index contributed by atoms with van der Waals surface area (Å²) in [5.74, 6) is -1.23. The molecule has 16 heteroatoms. The Bertz CT molecular complexity index is 1690. The number of fused-ring (bicyclic) bond motifs is 4. The number of ether oxygens (including phenoxy) is 1. The summed E-state index contributed by atoms with van der Waals surface area (Å²) in [7, 11) is 1.28. The van der Waals surface area contributed by atoms with E-state index in [9.17, 15) is 24.6 Å². The molecule has 3 atom stereocenters. The molecule has 2 unspecified atom stereocenters. The molecule has 0 spiro atoms. The first-order valence-electron chi connectivity index (χ1n) is 13.4. The first-order valence-corrected chi connectivity index (χ1v) is 13.8. The maximum absolute atomic E-state index is 13.1. The number of rotatable bonds is 7. The Morgan fingerprint density at radius 2 is 2.05 bits per heavy atom. The van der Waals surface area contributed by atoms with E-state index in [1.54, 1.807) is 48.7 Å². The molecule has 3 heterocycles. The van der Waals surface area contributed by atoms with Crippen LogP contribution in [0.4, 0.5) is 11.4 Å². The molecule has 2 aromatic carbocycles. The monoisotopic (exact) mass is 621 g/mol. The first kappa shape index (κ1) is 30.3. The Morgan fingerprint density at radius 1 is 1.20 bits per heavy atom. The lowest BCUT2D eigenvalue weighted by atomic mass is 10.0. The summed E-state index contributed by atoms with van der Waals surface area (Å²) in [6.07, 6.45) is 2.47. The molecule has 0 saturated carbocycles. The standard InChI is InChI=1S/C28H28ClN9O6/c1-44-27(43)13-30-17-4-5-18-19(9-17)33-26(42)11-24(40)23(39)10-20(28-31-12-21(18)35-28)34-25(41)7-2-15-8-16(29)3-6-22(15)38-14-32-36-37-38/h2-9,12,14,20,23-24,30,39-40H,10-11,13H2,1H3,(H,31,35)(H,33,42)(H,34,41)/b7-2+/t20-,23?,24?/m0/s1. The summed E-state index contributed by atoms with van der Waals surface area (Å²) in [5, 5.41) is 41.4. The number of aromatic nitrogens is 6. The van der Waals surface area contributed by atoms with Crippen molar-refractivity contribution in [3.05, 3.63) is 71.4 Å². The van der Waals surface area contributed by atoms with Crippen molar-refractivity contribution < 1.29 is 29.3 Å². The minimum Gasteiger partial charge on any atom is -0.468 e. The number of imidazole rings is 1. The largest absolute Gasteiger partial charge is 0.468 e. The van der Waals surface area contributed by atoms with Crippen molar-refractivity contribution in [1.29, 1.82) is 0 Å². The van der Waals surface area contributed by atoms with Crippen LogP contribution in [0.25, 0.3) is 23.0 Å². The zero-order valence-electron chi connectivity index (χ0n) is 23.3. The van der Waals surface area contributed by atoms with Gasteiger partial charge in [-0.25, -0.2) is 4.98 Å². The van der Waals surface area contributed by atoms with E-state index in [2.05, 4.69) is 46.2 Å². The van der Waals surface area contributed by atoms with Crippen LogP contribution in [-0.4, -0.2) is 84.0 Å². The quantitative estimate of drug-likeness (QED) is 0.129. The molecule has 2 amide bonds. The number of methoxy groups -OCH3 is 1. The minimum atomic E-state index is -1.44. The fraction of sp³-hybridized carbons (Fsp3) is 0.250. The molecular formula is C28H28ClN9O6. The smallest absolute Gasteiger partial charge is 0.325 e. The summed E-state index contributed by atoms with van der Waals surface area (Å²) in [5.41, 5.74) is 3.03. The molecule has 4 aromatic rings. The van der Waals surface area contributed by atoms with E-state index >= 15 is 0 Å². The number of halogens is 1. The zero-order chi connectivity index (χ0) is 31.2.